The van der Waals surface area contributed by atoms with Gasteiger partial charge in [-0.2, -0.15) is 0 Å². The average molecular weight is 456 g/mol. The molecule has 0 bridgehead atoms. The number of carbonyl (C=O) groups excluding carboxylic acids is 1. The van der Waals surface area contributed by atoms with E-state index in [2.05, 4.69) is 20.7 Å². The van der Waals surface area contributed by atoms with Gasteiger partial charge in [0.2, 0.25) is 10.0 Å². The van der Waals surface area contributed by atoms with E-state index in [1.54, 1.807) is 19.1 Å². The zero-order chi connectivity index (χ0) is 19.4. The molecule has 0 amide bonds. The molecule has 9 heteroatoms. The second-order valence-electron chi connectivity index (χ2n) is 5.69. The predicted molar refractivity (Wildman–Crippen MR) is 102 cm³/mol. The lowest BCUT2D eigenvalue weighted by Gasteiger charge is -2.19. The second kappa shape index (κ2) is 8.28. The van der Waals surface area contributed by atoms with E-state index in [1.807, 2.05) is 0 Å². The van der Waals surface area contributed by atoms with Gasteiger partial charge in [0.25, 0.3) is 0 Å². The van der Waals surface area contributed by atoms with Crippen molar-refractivity contribution in [3.8, 4) is 11.5 Å². The van der Waals surface area contributed by atoms with E-state index >= 15 is 0 Å². The average Bonchev–Trinajstić information content (AvgIpc) is 2.66. The fourth-order valence-electron chi connectivity index (χ4n) is 2.51. The van der Waals surface area contributed by atoms with Gasteiger partial charge in [-0.25, -0.2) is 17.9 Å². The molecule has 0 saturated carbocycles. The third kappa shape index (κ3) is 4.60. The summed E-state index contributed by atoms with van der Waals surface area (Å²) in [6, 6.07) is 9.23. The Bertz CT molecular complexity index is 960. The molecule has 7 nitrogen and oxygen atoms in total. The summed E-state index contributed by atoms with van der Waals surface area (Å²) < 4.78 is 43.6. The number of rotatable bonds is 6. The third-order valence-corrected chi connectivity index (χ3v) is 6.07. The van der Waals surface area contributed by atoms with Gasteiger partial charge in [-0.15, -0.1) is 0 Å². The number of carbonyl (C=O) groups is 1. The Kier molecular flexibility index (Phi) is 6.03. The van der Waals surface area contributed by atoms with Crippen LogP contribution < -0.4 is 14.2 Å². The van der Waals surface area contributed by atoms with Crippen molar-refractivity contribution in [3.05, 3.63) is 52.0 Å². The number of ether oxygens (including phenoxy) is 3. The molecule has 0 unspecified atom stereocenters. The van der Waals surface area contributed by atoms with Crippen molar-refractivity contribution < 1.29 is 27.4 Å². The van der Waals surface area contributed by atoms with Crippen molar-refractivity contribution in [1.29, 1.82) is 0 Å². The number of sulfonamides is 1. The van der Waals surface area contributed by atoms with Crippen LogP contribution in [0.4, 0.5) is 0 Å². The van der Waals surface area contributed by atoms with Gasteiger partial charge in [-0.05, 0) is 30.3 Å². The molecular formula is C18H18BrNO6S. The van der Waals surface area contributed by atoms with Crippen molar-refractivity contribution >= 4 is 31.9 Å². The molecule has 0 spiro atoms. The van der Waals surface area contributed by atoms with Crippen LogP contribution in [-0.4, -0.2) is 34.1 Å². The van der Waals surface area contributed by atoms with Gasteiger partial charge >= 0.3 is 5.97 Å². The number of benzene rings is 2. The Morgan fingerprint density at radius 1 is 1.19 bits per heavy atom. The van der Waals surface area contributed by atoms with Crippen LogP contribution >= 0.6 is 15.9 Å². The number of halogens is 1. The van der Waals surface area contributed by atoms with Crippen LogP contribution in [-0.2, 0) is 21.4 Å². The summed E-state index contributed by atoms with van der Waals surface area (Å²) in [4.78, 5) is 12.4. The van der Waals surface area contributed by atoms with E-state index in [4.69, 9.17) is 14.2 Å². The lowest BCUT2D eigenvalue weighted by Crippen LogP contribution is -2.23. The van der Waals surface area contributed by atoms with Crippen LogP contribution in [0.15, 0.2) is 45.8 Å². The molecule has 0 saturated heterocycles. The lowest BCUT2D eigenvalue weighted by molar-refractivity contribution is 0.0471. The van der Waals surface area contributed by atoms with Crippen molar-refractivity contribution in [3.63, 3.8) is 0 Å². The van der Waals surface area contributed by atoms with Crippen LogP contribution in [0.5, 0.6) is 11.5 Å². The highest BCUT2D eigenvalue weighted by atomic mass is 79.9. The van der Waals surface area contributed by atoms with E-state index in [0.29, 0.717) is 30.3 Å². The highest BCUT2D eigenvalue weighted by Gasteiger charge is 2.18. The minimum absolute atomic E-state index is 0.000242. The zero-order valence-electron chi connectivity index (χ0n) is 14.5. The largest absolute Gasteiger partial charge is 0.486 e. The summed E-state index contributed by atoms with van der Waals surface area (Å²) in [5.74, 6) is 0.601. The standard InChI is InChI=1S/C18H18BrNO6S/c1-2-20-27(22,23)14-5-3-4-12(8-14)18(21)26-11-13-9-16-17(10-15(13)19)25-7-6-24-16/h3-5,8-10,20H,2,6-7,11H2,1H3. The Balaban J connectivity index is 1.73. The first-order valence-corrected chi connectivity index (χ1v) is 10.5. The Morgan fingerprint density at radius 3 is 2.59 bits per heavy atom. The third-order valence-electron chi connectivity index (χ3n) is 3.78. The van der Waals surface area contributed by atoms with Crippen molar-refractivity contribution in [1.82, 2.24) is 4.72 Å². The van der Waals surface area contributed by atoms with Crippen LogP contribution in [0.25, 0.3) is 0 Å². The van der Waals surface area contributed by atoms with Crippen molar-refractivity contribution in [2.75, 3.05) is 19.8 Å². The summed E-state index contributed by atoms with van der Waals surface area (Å²) in [5.41, 5.74) is 0.867. The Morgan fingerprint density at radius 2 is 1.89 bits per heavy atom. The molecule has 0 fully saturated rings. The molecule has 3 rings (SSSR count). The molecule has 0 aliphatic carbocycles. The first-order chi connectivity index (χ1) is 12.9. The predicted octanol–water partition coefficient (Wildman–Crippen LogP) is 2.88. The number of nitrogens with one attached hydrogen (secondary N) is 1. The van der Waals surface area contributed by atoms with Crippen molar-refractivity contribution in [2.45, 2.75) is 18.4 Å². The molecule has 1 aliphatic rings. The van der Waals surface area contributed by atoms with Gasteiger partial charge in [0.15, 0.2) is 11.5 Å². The van der Waals surface area contributed by atoms with Crippen molar-refractivity contribution in [2.24, 2.45) is 0 Å². The number of esters is 1. The number of hydrogen-bond donors (Lipinski definition) is 1. The molecular weight excluding hydrogens is 438 g/mol. The molecule has 27 heavy (non-hydrogen) atoms. The quantitative estimate of drug-likeness (QED) is 0.673. The monoisotopic (exact) mass is 455 g/mol. The molecule has 144 valence electrons. The minimum Gasteiger partial charge on any atom is -0.486 e. The molecule has 0 atom stereocenters. The van der Waals surface area contributed by atoms with E-state index in [1.165, 1.54) is 24.3 Å². The number of hydrogen-bond acceptors (Lipinski definition) is 6. The van der Waals surface area contributed by atoms with Gasteiger partial charge in [-0.1, -0.05) is 28.9 Å². The summed E-state index contributed by atoms with van der Waals surface area (Å²) >= 11 is 3.42. The molecule has 2 aromatic rings. The van der Waals surface area contributed by atoms with Crippen LogP contribution in [0, 0.1) is 0 Å². The fraction of sp³-hybridized carbons (Fsp3) is 0.278. The summed E-state index contributed by atoms with van der Waals surface area (Å²) in [6.45, 7) is 2.89. The normalized spacial score (nSPS) is 13.3. The van der Waals surface area contributed by atoms with E-state index in [-0.39, 0.29) is 23.6 Å². The number of fused-ring (bicyclic) bond motifs is 1. The topological polar surface area (TPSA) is 90.9 Å². The maximum atomic E-state index is 12.3. The maximum absolute atomic E-state index is 12.3. The Hall–Kier alpha value is -2.10. The van der Waals surface area contributed by atoms with Crippen LogP contribution in [0.1, 0.15) is 22.8 Å². The first-order valence-electron chi connectivity index (χ1n) is 8.25. The summed E-state index contributed by atoms with van der Waals surface area (Å²) in [6.07, 6.45) is 0. The zero-order valence-corrected chi connectivity index (χ0v) is 16.9. The first kappa shape index (κ1) is 19.7. The molecule has 2 aromatic carbocycles. The van der Waals surface area contributed by atoms with Gasteiger partial charge in [0.1, 0.15) is 19.8 Å². The molecule has 0 radical (unpaired) electrons. The Labute approximate surface area is 165 Å². The molecule has 0 aromatic heterocycles. The van der Waals surface area contributed by atoms with E-state index in [9.17, 15) is 13.2 Å². The van der Waals surface area contributed by atoms with Crippen LogP contribution in [0.2, 0.25) is 0 Å². The minimum atomic E-state index is -3.65. The SMILES string of the molecule is CCNS(=O)(=O)c1cccc(C(=O)OCc2cc3c(cc2Br)OCCO3)c1. The summed E-state index contributed by atoms with van der Waals surface area (Å²) in [7, 11) is -3.65. The van der Waals surface area contributed by atoms with Gasteiger partial charge in [0.05, 0.1) is 10.5 Å². The fourth-order valence-corrected chi connectivity index (χ4v) is 4.03. The molecule has 1 heterocycles. The van der Waals surface area contributed by atoms with Gasteiger partial charge in [0, 0.05) is 16.6 Å². The molecule has 1 aliphatic heterocycles. The van der Waals surface area contributed by atoms with Crippen LogP contribution in [0.3, 0.4) is 0 Å². The summed E-state index contributed by atoms with van der Waals surface area (Å²) in [5, 5.41) is 0. The maximum Gasteiger partial charge on any atom is 0.338 e. The highest BCUT2D eigenvalue weighted by molar-refractivity contribution is 9.10. The highest BCUT2D eigenvalue weighted by Crippen LogP contribution is 2.35. The lowest BCUT2D eigenvalue weighted by atomic mass is 10.2. The van der Waals surface area contributed by atoms with Gasteiger partial charge < -0.3 is 14.2 Å². The molecule has 1 N–H and O–H groups in total. The van der Waals surface area contributed by atoms with E-state index in [0.717, 1.165) is 4.47 Å². The van der Waals surface area contributed by atoms with Gasteiger partial charge in [-0.3, -0.25) is 0 Å². The second-order valence-corrected chi connectivity index (χ2v) is 8.31. The van der Waals surface area contributed by atoms with E-state index < -0.39 is 16.0 Å². The smallest absolute Gasteiger partial charge is 0.338 e.